The van der Waals surface area contributed by atoms with Gasteiger partial charge in [0.2, 0.25) is 0 Å². The van der Waals surface area contributed by atoms with E-state index in [0.717, 1.165) is 0 Å². The quantitative estimate of drug-likeness (QED) is 0.474. The lowest BCUT2D eigenvalue weighted by atomic mass is 10.2. The number of aromatic nitrogens is 3. The number of hydrogen-bond donors (Lipinski definition) is 1. The summed E-state index contributed by atoms with van der Waals surface area (Å²) in [5.41, 5.74) is 0.521. The third-order valence-corrected chi connectivity index (χ3v) is 2.48. The number of nitro benzene ring substituents is 1. The first-order valence-electron chi connectivity index (χ1n) is 5.52. The second kappa shape index (κ2) is 5.71. The van der Waals surface area contributed by atoms with Crippen LogP contribution in [-0.2, 0) is 6.54 Å². The summed E-state index contributed by atoms with van der Waals surface area (Å²) in [5, 5.41) is 21.3. The molecule has 1 heterocycles. The van der Waals surface area contributed by atoms with Gasteiger partial charge in [0, 0.05) is 24.4 Å². The number of nitro groups is 1. The SMILES string of the molecule is O=Cc1ccc(NCCn2ccnn2)c([N+](=O)[O-])c1. The Kier molecular flexibility index (Phi) is 3.81. The van der Waals surface area contributed by atoms with Crippen LogP contribution in [0.25, 0.3) is 0 Å². The van der Waals surface area contributed by atoms with Crippen molar-refractivity contribution >= 4 is 17.7 Å². The number of nitrogens with zero attached hydrogens (tertiary/aromatic N) is 4. The topological polar surface area (TPSA) is 103 Å². The van der Waals surface area contributed by atoms with Gasteiger partial charge in [-0.3, -0.25) is 19.6 Å². The van der Waals surface area contributed by atoms with E-state index in [4.69, 9.17) is 0 Å². The molecule has 0 saturated carbocycles. The average Bonchev–Trinajstić information content (AvgIpc) is 2.92. The van der Waals surface area contributed by atoms with E-state index in [0.29, 0.717) is 25.1 Å². The molecule has 1 aromatic carbocycles. The van der Waals surface area contributed by atoms with Crippen LogP contribution in [0.3, 0.4) is 0 Å². The van der Waals surface area contributed by atoms with Crippen molar-refractivity contribution in [1.82, 2.24) is 15.0 Å². The van der Waals surface area contributed by atoms with Crippen molar-refractivity contribution in [3.05, 3.63) is 46.3 Å². The van der Waals surface area contributed by atoms with Gasteiger partial charge in [0.25, 0.3) is 5.69 Å². The summed E-state index contributed by atoms with van der Waals surface area (Å²) in [6.45, 7) is 0.997. The third-order valence-electron chi connectivity index (χ3n) is 2.48. The van der Waals surface area contributed by atoms with Crippen LogP contribution in [-0.4, -0.2) is 32.7 Å². The summed E-state index contributed by atoms with van der Waals surface area (Å²) >= 11 is 0. The van der Waals surface area contributed by atoms with E-state index < -0.39 is 4.92 Å². The number of aldehydes is 1. The van der Waals surface area contributed by atoms with Gasteiger partial charge in [-0.2, -0.15) is 0 Å². The number of carbonyl (C=O) groups excluding carboxylic acids is 1. The average molecular weight is 261 g/mol. The Labute approximate surface area is 108 Å². The molecule has 0 fully saturated rings. The Hall–Kier alpha value is -2.77. The Bertz CT molecular complexity index is 582. The summed E-state index contributed by atoms with van der Waals surface area (Å²) < 4.78 is 1.61. The zero-order chi connectivity index (χ0) is 13.7. The molecule has 0 aliphatic rings. The van der Waals surface area contributed by atoms with Crippen molar-refractivity contribution in [3.63, 3.8) is 0 Å². The van der Waals surface area contributed by atoms with Crippen molar-refractivity contribution < 1.29 is 9.72 Å². The first-order chi connectivity index (χ1) is 9.20. The van der Waals surface area contributed by atoms with Gasteiger partial charge in [-0.1, -0.05) is 5.21 Å². The fraction of sp³-hybridized carbons (Fsp3) is 0.182. The lowest BCUT2D eigenvalue weighted by Crippen LogP contribution is -2.12. The molecule has 0 spiro atoms. The zero-order valence-electron chi connectivity index (χ0n) is 9.89. The maximum Gasteiger partial charge on any atom is 0.293 e. The van der Waals surface area contributed by atoms with Crippen molar-refractivity contribution in [3.8, 4) is 0 Å². The minimum Gasteiger partial charge on any atom is -0.378 e. The monoisotopic (exact) mass is 261 g/mol. The largest absolute Gasteiger partial charge is 0.378 e. The molecule has 0 saturated heterocycles. The van der Waals surface area contributed by atoms with Crippen LogP contribution in [0.1, 0.15) is 10.4 Å². The maximum atomic E-state index is 10.9. The lowest BCUT2D eigenvalue weighted by molar-refractivity contribution is -0.384. The Balaban J connectivity index is 2.06. The van der Waals surface area contributed by atoms with Crippen LogP contribution in [0.15, 0.2) is 30.6 Å². The minimum absolute atomic E-state index is 0.122. The number of nitrogens with one attached hydrogen (secondary N) is 1. The fourth-order valence-electron chi connectivity index (χ4n) is 1.58. The minimum atomic E-state index is -0.523. The number of carbonyl (C=O) groups is 1. The van der Waals surface area contributed by atoms with Crippen molar-refractivity contribution in [1.29, 1.82) is 0 Å². The van der Waals surface area contributed by atoms with E-state index in [9.17, 15) is 14.9 Å². The maximum absolute atomic E-state index is 10.9. The van der Waals surface area contributed by atoms with Gasteiger partial charge in [0.15, 0.2) is 0 Å². The molecule has 8 nitrogen and oxygen atoms in total. The van der Waals surface area contributed by atoms with Gasteiger partial charge in [0.1, 0.15) is 12.0 Å². The van der Waals surface area contributed by atoms with Crippen LogP contribution in [0.5, 0.6) is 0 Å². The van der Waals surface area contributed by atoms with Crippen LogP contribution >= 0.6 is 0 Å². The predicted octanol–water partition coefficient (Wildman–Crippen LogP) is 1.11. The van der Waals surface area contributed by atoms with Crippen LogP contribution in [0.4, 0.5) is 11.4 Å². The number of anilines is 1. The highest BCUT2D eigenvalue weighted by molar-refractivity contribution is 5.79. The fourth-order valence-corrected chi connectivity index (χ4v) is 1.58. The predicted molar refractivity (Wildman–Crippen MR) is 67.0 cm³/mol. The molecule has 2 rings (SSSR count). The molecular weight excluding hydrogens is 250 g/mol. The Morgan fingerprint density at radius 2 is 2.32 bits per heavy atom. The van der Waals surface area contributed by atoms with E-state index in [1.54, 1.807) is 17.1 Å². The molecule has 0 radical (unpaired) electrons. The normalized spacial score (nSPS) is 10.1. The molecule has 98 valence electrons. The van der Waals surface area contributed by atoms with Gasteiger partial charge < -0.3 is 5.32 Å². The molecule has 1 aromatic heterocycles. The van der Waals surface area contributed by atoms with Gasteiger partial charge in [-0.15, -0.1) is 5.10 Å². The number of hydrogen-bond acceptors (Lipinski definition) is 6. The summed E-state index contributed by atoms with van der Waals surface area (Å²) in [7, 11) is 0. The second-order valence-corrected chi connectivity index (χ2v) is 3.74. The summed E-state index contributed by atoms with van der Waals surface area (Å²) in [6.07, 6.45) is 3.83. The van der Waals surface area contributed by atoms with Gasteiger partial charge in [-0.05, 0) is 12.1 Å². The summed E-state index contributed by atoms with van der Waals surface area (Å²) in [6, 6.07) is 4.28. The highest BCUT2D eigenvalue weighted by Gasteiger charge is 2.13. The number of rotatable bonds is 6. The first-order valence-corrected chi connectivity index (χ1v) is 5.52. The smallest absolute Gasteiger partial charge is 0.293 e. The zero-order valence-corrected chi connectivity index (χ0v) is 9.89. The molecule has 0 atom stereocenters. The molecule has 19 heavy (non-hydrogen) atoms. The van der Waals surface area contributed by atoms with E-state index >= 15 is 0 Å². The molecule has 0 aliphatic heterocycles. The van der Waals surface area contributed by atoms with Gasteiger partial charge >= 0.3 is 0 Å². The molecule has 8 heteroatoms. The number of benzene rings is 1. The second-order valence-electron chi connectivity index (χ2n) is 3.74. The van der Waals surface area contributed by atoms with Crippen molar-refractivity contribution in [2.45, 2.75) is 6.54 Å². The van der Waals surface area contributed by atoms with Crippen molar-refractivity contribution in [2.75, 3.05) is 11.9 Å². The molecule has 2 aromatic rings. The molecule has 1 N–H and O–H groups in total. The van der Waals surface area contributed by atoms with E-state index in [-0.39, 0.29) is 11.3 Å². The van der Waals surface area contributed by atoms with Crippen LogP contribution in [0.2, 0.25) is 0 Å². The highest BCUT2D eigenvalue weighted by atomic mass is 16.6. The summed E-state index contributed by atoms with van der Waals surface area (Å²) in [4.78, 5) is 21.0. The lowest BCUT2D eigenvalue weighted by Gasteiger charge is -2.07. The van der Waals surface area contributed by atoms with Gasteiger partial charge in [-0.25, -0.2) is 0 Å². The highest BCUT2D eigenvalue weighted by Crippen LogP contribution is 2.24. The van der Waals surface area contributed by atoms with Crippen LogP contribution < -0.4 is 5.32 Å². The molecule has 0 unspecified atom stereocenters. The Morgan fingerprint density at radius 1 is 1.47 bits per heavy atom. The third kappa shape index (κ3) is 3.12. The van der Waals surface area contributed by atoms with E-state index in [1.165, 1.54) is 18.2 Å². The van der Waals surface area contributed by atoms with Crippen LogP contribution in [0, 0.1) is 10.1 Å². The van der Waals surface area contributed by atoms with E-state index in [2.05, 4.69) is 15.6 Å². The Morgan fingerprint density at radius 3 is 2.95 bits per heavy atom. The standard InChI is InChI=1S/C11H11N5O3/c17-8-9-1-2-10(11(7-9)16(18)19)12-3-5-15-6-4-13-14-15/h1-2,4,6-8,12H,3,5H2. The summed E-state index contributed by atoms with van der Waals surface area (Å²) in [5.74, 6) is 0. The van der Waals surface area contributed by atoms with E-state index in [1.807, 2.05) is 0 Å². The van der Waals surface area contributed by atoms with Crippen molar-refractivity contribution in [2.24, 2.45) is 0 Å². The molecular formula is C11H11N5O3. The molecule has 0 bridgehead atoms. The molecule has 0 amide bonds. The first kappa shape index (κ1) is 12.7. The van der Waals surface area contributed by atoms with Gasteiger partial charge in [0.05, 0.1) is 17.7 Å². The molecule has 0 aliphatic carbocycles.